The first kappa shape index (κ1) is 19.7. The van der Waals surface area contributed by atoms with E-state index in [2.05, 4.69) is 20.3 Å². The van der Waals surface area contributed by atoms with Crippen molar-refractivity contribution in [1.82, 2.24) is 4.57 Å². The van der Waals surface area contributed by atoms with Crippen LogP contribution in [0.4, 0.5) is 13.2 Å². The van der Waals surface area contributed by atoms with E-state index in [1.165, 1.54) is 12.3 Å². The zero-order chi connectivity index (χ0) is 19.2. The molecule has 0 aliphatic carbocycles. The van der Waals surface area contributed by atoms with Gasteiger partial charge in [0.2, 0.25) is 0 Å². The van der Waals surface area contributed by atoms with Crippen LogP contribution in [0.1, 0.15) is 32.4 Å². The number of benzene rings is 1. The fraction of sp³-hybridized carbons (Fsp3) is 0.471. The van der Waals surface area contributed by atoms with Gasteiger partial charge in [0.1, 0.15) is 21.9 Å². The quantitative estimate of drug-likeness (QED) is 0.503. The predicted octanol–water partition coefficient (Wildman–Crippen LogP) is 4.63. The minimum Gasteiger partial charge on any atom is -0.591 e. The lowest BCUT2D eigenvalue weighted by Crippen LogP contribution is -2.30. The van der Waals surface area contributed by atoms with Crippen molar-refractivity contribution in [2.45, 2.75) is 38.0 Å². The summed E-state index contributed by atoms with van der Waals surface area (Å²) in [7, 11) is 0. The Morgan fingerprint density at radius 1 is 1.38 bits per heavy atom. The molecule has 0 amide bonds. The second kappa shape index (κ2) is 7.18. The van der Waals surface area contributed by atoms with Crippen molar-refractivity contribution in [3.8, 4) is 0 Å². The van der Waals surface area contributed by atoms with Crippen molar-refractivity contribution in [2.24, 2.45) is 4.40 Å². The molecule has 0 N–H and O–H groups in total. The van der Waals surface area contributed by atoms with Crippen LogP contribution in [0, 0.1) is 5.82 Å². The minimum atomic E-state index is -2.94. The molecule has 9 heteroatoms. The van der Waals surface area contributed by atoms with E-state index in [4.69, 9.17) is 4.74 Å². The van der Waals surface area contributed by atoms with Gasteiger partial charge in [0, 0.05) is 17.1 Å². The van der Waals surface area contributed by atoms with Gasteiger partial charge < -0.3 is 13.9 Å². The Morgan fingerprint density at radius 2 is 2.04 bits per heavy atom. The molecule has 1 aromatic carbocycles. The Kier molecular flexibility index (Phi) is 5.45. The molecule has 2 aromatic rings. The van der Waals surface area contributed by atoms with Crippen molar-refractivity contribution in [3.63, 3.8) is 0 Å². The fourth-order valence-electron chi connectivity index (χ4n) is 2.57. The zero-order valence-corrected chi connectivity index (χ0v) is 16.8. The summed E-state index contributed by atoms with van der Waals surface area (Å²) in [5.41, 5.74) is 0.0892. The molecule has 3 rings (SSSR count). The average Bonchev–Trinajstić information content (AvgIpc) is 2.80. The van der Waals surface area contributed by atoms with Crippen LogP contribution in [0.25, 0.3) is 10.9 Å². The van der Waals surface area contributed by atoms with Gasteiger partial charge in [-0.3, -0.25) is 0 Å². The summed E-state index contributed by atoms with van der Waals surface area (Å²) in [5, 5.41) is 0.308. The molecule has 0 bridgehead atoms. The maximum atomic E-state index is 14.1. The van der Waals surface area contributed by atoms with E-state index in [1.807, 2.05) is 0 Å². The molecular weight excluding hydrogens is 433 g/mol. The number of alkyl halides is 2. The normalized spacial score (nSPS) is 17.8. The van der Waals surface area contributed by atoms with Gasteiger partial charge in [0.25, 0.3) is 6.43 Å². The first-order valence-corrected chi connectivity index (χ1v) is 9.86. The molecule has 0 radical (unpaired) electrons. The third-order valence-electron chi connectivity index (χ3n) is 4.08. The number of aromatic nitrogens is 1. The van der Waals surface area contributed by atoms with Crippen LogP contribution in [0.5, 0.6) is 0 Å². The second-order valence-corrected chi connectivity index (χ2v) is 9.82. The molecule has 1 aromatic heterocycles. The molecule has 142 valence electrons. The molecule has 2 heterocycles. The molecule has 0 spiro atoms. The van der Waals surface area contributed by atoms with Gasteiger partial charge in [-0.15, -0.1) is 0 Å². The van der Waals surface area contributed by atoms with Gasteiger partial charge in [-0.1, -0.05) is 4.40 Å². The smallest absolute Gasteiger partial charge is 0.285 e. The maximum Gasteiger partial charge on any atom is 0.285 e. The van der Waals surface area contributed by atoms with E-state index in [1.54, 1.807) is 31.4 Å². The summed E-state index contributed by atoms with van der Waals surface area (Å²) < 4.78 is 64.1. The van der Waals surface area contributed by atoms with Crippen LogP contribution in [0.15, 0.2) is 27.2 Å². The molecule has 26 heavy (non-hydrogen) atoms. The van der Waals surface area contributed by atoms with Crippen LogP contribution < -0.4 is 0 Å². The highest BCUT2D eigenvalue weighted by Crippen LogP contribution is 2.33. The lowest BCUT2D eigenvalue weighted by atomic mass is 10.1. The van der Waals surface area contributed by atoms with Gasteiger partial charge in [-0.2, -0.15) is 0 Å². The van der Waals surface area contributed by atoms with E-state index in [-0.39, 0.29) is 16.1 Å². The van der Waals surface area contributed by atoms with Crippen LogP contribution in [0.2, 0.25) is 0 Å². The van der Waals surface area contributed by atoms with Crippen molar-refractivity contribution in [3.05, 3.63) is 34.2 Å². The second-order valence-electron chi connectivity index (χ2n) is 7.06. The Hall–Kier alpha value is -1.03. The molecule has 0 unspecified atom stereocenters. The summed E-state index contributed by atoms with van der Waals surface area (Å²) in [5.74, 6) is -0.563. The number of nitrogens with zero attached hydrogens (tertiary/aromatic N) is 2. The van der Waals surface area contributed by atoms with Crippen LogP contribution in [-0.2, 0) is 16.1 Å². The van der Waals surface area contributed by atoms with Crippen LogP contribution in [-0.4, -0.2) is 39.2 Å². The number of rotatable bonds is 4. The van der Waals surface area contributed by atoms with E-state index in [9.17, 15) is 17.7 Å². The molecule has 0 saturated carbocycles. The third-order valence-corrected chi connectivity index (χ3v) is 6.09. The highest BCUT2D eigenvalue weighted by molar-refractivity contribution is 9.10. The van der Waals surface area contributed by atoms with E-state index in [0.29, 0.717) is 24.1 Å². The zero-order valence-electron chi connectivity index (χ0n) is 14.4. The summed E-state index contributed by atoms with van der Waals surface area (Å²) in [4.78, 5) is 0. The van der Waals surface area contributed by atoms with E-state index in [0.717, 1.165) is 0 Å². The number of hydrogen-bond acceptors (Lipinski definition) is 3. The number of fused-ring (bicyclic) bond motifs is 1. The molecule has 1 aliphatic rings. The van der Waals surface area contributed by atoms with Gasteiger partial charge in [0.15, 0.2) is 5.71 Å². The highest BCUT2D eigenvalue weighted by atomic mass is 79.9. The van der Waals surface area contributed by atoms with E-state index >= 15 is 0 Å². The van der Waals surface area contributed by atoms with Gasteiger partial charge in [-0.25, -0.2) is 13.2 Å². The van der Waals surface area contributed by atoms with Crippen molar-refractivity contribution in [1.29, 1.82) is 0 Å². The number of hydrogen-bond donors (Lipinski definition) is 0. The van der Waals surface area contributed by atoms with E-state index < -0.39 is 34.1 Å². The van der Waals surface area contributed by atoms with Crippen molar-refractivity contribution < 1.29 is 22.5 Å². The molecular formula is C17H18BrF3N2O2S. The third kappa shape index (κ3) is 3.67. The lowest BCUT2D eigenvalue weighted by molar-refractivity contribution is -0.0214. The SMILES string of the molecule is CC(C)(C)[S@+]([O-])/N=C(\c1cn(C2COC2)c2cc(Br)c(F)cc12)C(F)F. The molecule has 1 saturated heterocycles. The average molecular weight is 451 g/mol. The van der Waals surface area contributed by atoms with Crippen LogP contribution in [0.3, 0.4) is 0 Å². The number of halogens is 4. The van der Waals surface area contributed by atoms with Gasteiger partial charge >= 0.3 is 0 Å². The Bertz CT molecular complexity index is 860. The lowest BCUT2D eigenvalue weighted by Gasteiger charge is -2.28. The van der Waals surface area contributed by atoms with Crippen molar-refractivity contribution >= 4 is 43.9 Å². The van der Waals surface area contributed by atoms with Gasteiger partial charge in [0.05, 0.1) is 29.2 Å². The standard InChI is InChI=1S/C17H18BrF3N2O2S/c1-17(2,3)26(24)22-15(16(20)21)11-6-23(9-7-25-8-9)14-5-12(18)13(19)4-10(11)14/h4-6,9,16H,7-8H2,1-3H3/b22-15+/t26-/m0/s1. The largest absolute Gasteiger partial charge is 0.591 e. The molecule has 1 atom stereocenters. The van der Waals surface area contributed by atoms with Crippen molar-refractivity contribution in [2.75, 3.05) is 13.2 Å². The topological polar surface area (TPSA) is 49.6 Å². The Labute approximate surface area is 160 Å². The molecule has 4 nitrogen and oxygen atoms in total. The minimum absolute atomic E-state index is 0.0179. The first-order valence-electron chi connectivity index (χ1n) is 7.96. The van der Waals surface area contributed by atoms with Crippen LogP contribution >= 0.6 is 15.9 Å². The summed E-state index contributed by atoms with van der Waals surface area (Å²) in [6, 6.07) is 2.73. The monoisotopic (exact) mass is 450 g/mol. The Balaban J connectivity index is 2.21. The highest BCUT2D eigenvalue weighted by Gasteiger charge is 2.32. The predicted molar refractivity (Wildman–Crippen MR) is 99.9 cm³/mol. The summed E-state index contributed by atoms with van der Waals surface area (Å²) >= 11 is 1.28. The van der Waals surface area contributed by atoms with Gasteiger partial charge in [-0.05, 0) is 48.8 Å². The fourth-order valence-corrected chi connectivity index (χ4v) is 3.53. The summed E-state index contributed by atoms with van der Waals surface area (Å²) in [6.07, 6.45) is -1.42. The Morgan fingerprint density at radius 3 is 2.54 bits per heavy atom. The summed E-state index contributed by atoms with van der Waals surface area (Å²) in [6.45, 7) is 5.87. The maximum absolute atomic E-state index is 14.1. The first-order chi connectivity index (χ1) is 12.1. The number of ether oxygens (including phenoxy) is 1. The molecule has 1 fully saturated rings. The molecule has 1 aliphatic heterocycles.